The fourth-order valence-electron chi connectivity index (χ4n) is 1.20. The molecule has 0 unspecified atom stereocenters. The Hall–Kier alpha value is -0.810. The molecule has 0 atom stereocenters. The minimum atomic E-state index is -0.459. The van der Waals surface area contributed by atoms with Crippen LogP contribution in [0.4, 0.5) is 4.79 Å². The maximum atomic E-state index is 11.3. The highest BCUT2D eigenvalue weighted by Gasteiger charge is 2.15. The van der Waals surface area contributed by atoms with Crippen LogP contribution < -0.4 is 5.32 Å². The quantitative estimate of drug-likeness (QED) is 0.712. The second-order valence-corrected chi connectivity index (χ2v) is 4.59. The van der Waals surface area contributed by atoms with Crippen molar-refractivity contribution in [2.24, 2.45) is 0 Å². The van der Waals surface area contributed by atoms with Crippen molar-refractivity contribution in [3.05, 3.63) is 0 Å². The van der Waals surface area contributed by atoms with Crippen molar-refractivity contribution >= 4 is 6.09 Å². The number of hydrogen-bond donors (Lipinski definition) is 2. The topological polar surface area (TPSA) is 61.8 Å². The predicted octanol–water partition coefficient (Wildman–Crippen LogP) is 0.825. The van der Waals surface area contributed by atoms with Crippen molar-refractivity contribution in [1.29, 1.82) is 0 Å². The number of carbonyl (C=O) groups is 1. The molecule has 0 saturated carbocycles. The van der Waals surface area contributed by atoms with E-state index in [4.69, 9.17) is 9.84 Å². The third-order valence-electron chi connectivity index (χ3n) is 1.96. The van der Waals surface area contributed by atoms with E-state index in [-0.39, 0.29) is 6.61 Å². The zero-order valence-corrected chi connectivity index (χ0v) is 10.7. The molecule has 0 aromatic rings. The molecule has 0 rings (SSSR count). The minimum Gasteiger partial charge on any atom is -0.444 e. The maximum absolute atomic E-state index is 11.3. The first kappa shape index (κ1) is 15.2. The van der Waals surface area contributed by atoms with Gasteiger partial charge in [0.05, 0.1) is 6.61 Å². The number of rotatable bonds is 6. The van der Waals surface area contributed by atoms with Crippen LogP contribution in [0.3, 0.4) is 0 Å². The summed E-state index contributed by atoms with van der Waals surface area (Å²) in [5, 5.41) is 11.5. The predicted molar refractivity (Wildman–Crippen MR) is 63.4 cm³/mol. The van der Waals surface area contributed by atoms with E-state index in [0.717, 1.165) is 13.1 Å². The van der Waals surface area contributed by atoms with Gasteiger partial charge in [0.1, 0.15) is 5.60 Å². The molecule has 0 saturated heterocycles. The molecule has 0 aliphatic heterocycles. The summed E-state index contributed by atoms with van der Waals surface area (Å²) in [6.07, 6.45) is -0.396. The molecular formula is C11H24N2O3. The highest BCUT2D eigenvalue weighted by Crippen LogP contribution is 2.06. The van der Waals surface area contributed by atoms with Gasteiger partial charge in [-0.05, 0) is 27.3 Å². The zero-order chi connectivity index (χ0) is 12.6. The first-order chi connectivity index (χ1) is 7.39. The Morgan fingerprint density at radius 2 is 2.00 bits per heavy atom. The lowest BCUT2D eigenvalue weighted by atomic mass is 10.2. The summed E-state index contributed by atoms with van der Waals surface area (Å²) in [5.41, 5.74) is -0.459. The number of nitrogens with zero attached hydrogens (tertiary/aromatic N) is 1. The van der Waals surface area contributed by atoms with Gasteiger partial charge in [0, 0.05) is 19.6 Å². The molecule has 16 heavy (non-hydrogen) atoms. The van der Waals surface area contributed by atoms with E-state index in [1.54, 1.807) is 0 Å². The average Bonchev–Trinajstić information content (AvgIpc) is 2.13. The van der Waals surface area contributed by atoms with Crippen LogP contribution in [0.15, 0.2) is 0 Å². The molecule has 0 aromatic carbocycles. The Morgan fingerprint density at radius 3 is 2.44 bits per heavy atom. The van der Waals surface area contributed by atoms with Gasteiger partial charge < -0.3 is 15.2 Å². The van der Waals surface area contributed by atoms with Crippen LogP contribution in [0.1, 0.15) is 27.7 Å². The minimum absolute atomic E-state index is 0.139. The molecule has 0 bridgehead atoms. The maximum Gasteiger partial charge on any atom is 0.407 e. The summed E-state index contributed by atoms with van der Waals surface area (Å²) in [6.45, 7) is 10.4. The summed E-state index contributed by atoms with van der Waals surface area (Å²) in [4.78, 5) is 13.3. The van der Waals surface area contributed by atoms with Crippen LogP contribution >= 0.6 is 0 Å². The Morgan fingerprint density at radius 1 is 1.38 bits per heavy atom. The van der Waals surface area contributed by atoms with Gasteiger partial charge in [-0.1, -0.05) is 6.92 Å². The second kappa shape index (κ2) is 7.46. The molecule has 0 aliphatic rings. The first-order valence-electron chi connectivity index (χ1n) is 5.69. The van der Waals surface area contributed by atoms with Gasteiger partial charge in [0.2, 0.25) is 0 Å². The number of nitrogens with one attached hydrogen (secondary N) is 1. The smallest absolute Gasteiger partial charge is 0.407 e. The number of aliphatic hydroxyl groups is 1. The van der Waals surface area contributed by atoms with Gasteiger partial charge >= 0.3 is 6.09 Å². The van der Waals surface area contributed by atoms with Gasteiger partial charge in [-0.15, -0.1) is 0 Å². The van der Waals surface area contributed by atoms with E-state index in [2.05, 4.69) is 10.2 Å². The Kier molecular flexibility index (Phi) is 7.08. The molecule has 0 heterocycles. The average molecular weight is 232 g/mol. The van der Waals surface area contributed by atoms with Crippen LogP contribution in [-0.2, 0) is 4.74 Å². The fourth-order valence-corrected chi connectivity index (χ4v) is 1.20. The molecule has 0 fully saturated rings. The zero-order valence-electron chi connectivity index (χ0n) is 10.7. The standard InChI is InChI=1S/C11H24N2O3/c1-5-13(8-9-14)7-6-12-10(15)16-11(2,3)4/h14H,5-9H2,1-4H3,(H,12,15). The third kappa shape index (κ3) is 8.49. The van der Waals surface area contributed by atoms with Gasteiger partial charge in [0.15, 0.2) is 0 Å². The summed E-state index contributed by atoms with van der Waals surface area (Å²) in [6, 6.07) is 0. The number of carbonyl (C=O) groups excluding carboxylic acids is 1. The number of alkyl carbamates (subject to hydrolysis) is 1. The van der Waals surface area contributed by atoms with E-state index in [0.29, 0.717) is 13.1 Å². The normalized spacial score (nSPS) is 11.6. The van der Waals surface area contributed by atoms with Crippen molar-refractivity contribution in [2.45, 2.75) is 33.3 Å². The first-order valence-corrected chi connectivity index (χ1v) is 5.69. The second-order valence-electron chi connectivity index (χ2n) is 4.59. The third-order valence-corrected chi connectivity index (χ3v) is 1.96. The lowest BCUT2D eigenvalue weighted by molar-refractivity contribution is 0.0521. The highest BCUT2D eigenvalue weighted by atomic mass is 16.6. The van der Waals surface area contributed by atoms with E-state index >= 15 is 0 Å². The molecule has 96 valence electrons. The molecule has 5 nitrogen and oxygen atoms in total. The van der Waals surface area contributed by atoms with E-state index in [9.17, 15) is 4.79 Å². The van der Waals surface area contributed by atoms with Crippen molar-refractivity contribution in [2.75, 3.05) is 32.8 Å². The molecular weight excluding hydrogens is 208 g/mol. The van der Waals surface area contributed by atoms with Gasteiger partial charge in [0.25, 0.3) is 0 Å². The molecule has 1 amide bonds. The number of likely N-dealkylation sites (N-methyl/N-ethyl adjacent to an activating group) is 1. The van der Waals surface area contributed by atoms with E-state index < -0.39 is 11.7 Å². The summed E-state index contributed by atoms with van der Waals surface area (Å²) in [7, 11) is 0. The van der Waals surface area contributed by atoms with Crippen LogP contribution in [0, 0.1) is 0 Å². The van der Waals surface area contributed by atoms with Gasteiger partial charge in [-0.3, -0.25) is 4.90 Å². The number of ether oxygens (including phenoxy) is 1. The van der Waals surface area contributed by atoms with Crippen LogP contribution in [0.2, 0.25) is 0 Å². The number of aliphatic hydroxyl groups excluding tert-OH is 1. The molecule has 0 spiro atoms. The van der Waals surface area contributed by atoms with Crippen molar-refractivity contribution in [3.63, 3.8) is 0 Å². The number of amides is 1. The lowest BCUT2D eigenvalue weighted by Gasteiger charge is -2.22. The van der Waals surface area contributed by atoms with Crippen LogP contribution in [0.5, 0.6) is 0 Å². The van der Waals surface area contributed by atoms with Crippen LogP contribution in [0.25, 0.3) is 0 Å². The SMILES string of the molecule is CCN(CCO)CCNC(=O)OC(C)(C)C. The van der Waals surface area contributed by atoms with E-state index in [1.807, 2.05) is 27.7 Å². The summed E-state index contributed by atoms with van der Waals surface area (Å²) < 4.78 is 5.10. The monoisotopic (exact) mass is 232 g/mol. The number of hydrogen-bond acceptors (Lipinski definition) is 4. The fraction of sp³-hybridized carbons (Fsp3) is 0.909. The van der Waals surface area contributed by atoms with Crippen LogP contribution in [-0.4, -0.2) is 54.5 Å². The molecule has 0 aromatic heterocycles. The summed E-state index contributed by atoms with van der Waals surface area (Å²) in [5.74, 6) is 0. The Balaban J connectivity index is 3.68. The van der Waals surface area contributed by atoms with Crippen molar-refractivity contribution in [3.8, 4) is 0 Å². The van der Waals surface area contributed by atoms with E-state index in [1.165, 1.54) is 0 Å². The Labute approximate surface area is 97.8 Å². The largest absolute Gasteiger partial charge is 0.444 e. The Bertz CT molecular complexity index is 202. The summed E-state index contributed by atoms with van der Waals surface area (Å²) >= 11 is 0. The highest BCUT2D eigenvalue weighted by molar-refractivity contribution is 5.67. The van der Waals surface area contributed by atoms with Gasteiger partial charge in [-0.25, -0.2) is 4.79 Å². The van der Waals surface area contributed by atoms with Crippen molar-refractivity contribution in [1.82, 2.24) is 10.2 Å². The molecule has 0 radical (unpaired) electrons. The van der Waals surface area contributed by atoms with Crippen molar-refractivity contribution < 1.29 is 14.6 Å². The molecule has 0 aliphatic carbocycles. The molecule has 2 N–H and O–H groups in total. The van der Waals surface area contributed by atoms with Gasteiger partial charge in [-0.2, -0.15) is 0 Å². The molecule has 5 heteroatoms. The lowest BCUT2D eigenvalue weighted by Crippen LogP contribution is -2.38.